The van der Waals surface area contributed by atoms with E-state index >= 15 is 0 Å². The number of nitrogens with zero attached hydrogens (tertiary/aromatic N) is 4. The minimum atomic E-state index is -0.175. The first-order chi connectivity index (χ1) is 12.7. The van der Waals surface area contributed by atoms with Gasteiger partial charge in [-0.1, -0.05) is 52.2 Å². The molecular weight excluding hydrogens is 356 g/mol. The van der Waals surface area contributed by atoms with Gasteiger partial charge in [0.1, 0.15) is 11.8 Å². The fourth-order valence-corrected chi connectivity index (χ4v) is 3.33. The van der Waals surface area contributed by atoms with Crippen molar-refractivity contribution in [2.75, 3.05) is 6.54 Å². The summed E-state index contributed by atoms with van der Waals surface area (Å²) in [7, 11) is 0. The van der Waals surface area contributed by atoms with Gasteiger partial charge >= 0.3 is 0 Å². The lowest BCUT2D eigenvalue weighted by Gasteiger charge is -2.21. The van der Waals surface area contributed by atoms with Crippen molar-refractivity contribution in [1.29, 1.82) is 0 Å². The maximum atomic E-state index is 12.6. The van der Waals surface area contributed by atoms with Crippen LogP contribution < -0.4 is 0 Å². The van der Waals surface area contributed by atoms with Crippen LogP contribution in [0.25, 0.3) is 11.4 Å². The summed E-state index contributed by atoms with van der Waals surface area (Å²) >= 11 is 5.73. The zero-order chi connectivity index (χ0) is 17.9. The van der Waals surface area contributed by atoms with E-state index in [0.29, 0.717) is 42.0 Å². The normalized spacial score (nSPS) is 17.0. The minimum Gasteiger partial charge on any atom is -0.360 e. The van der Waals surface area contributed by atoms with Crippen molar-refractivity contribution >= 4 is 17.5 Å². The number of likely N-dealkylation sites (tertiary alicyclic amines) is 1. The molecule has 1 aromatic carbocycles. The van der Waals surface area contributed by atoms with E-state index in [1.54, 1.807) is 11.0 Å². The number of halogens is 1. The number of amides is 1. The van der Waals surface area contributed by atoms with E-state index in [2.05, 4.69) is 15.3 Å². The molecule has 1 aliphatic heterocycles. The standard InChI is InChI=1S/C18H17ClN4O3/c19-15-11-13(25-21-15)8-9-16(24)23-10-4-7-14(23)18-20-17(22-26-18)12-5-2-1-3-6-12/h1-3,5-6,11,14H,4,7-10H2/t14-/m0/s1. The fraction of sp³-hybridized carbons (Fsp3) is 0.333. The molecule has 0 bridgehead atoms. The molecule has 1 fully saturated rings. The number of hydrogen-bond donors (Lipinski definition) is 0. The summed E-state index contributed by atoms with van der Waals surface area (Å²) in [6.45, 7) is 0.684. The molecule has 134 valence electrons. The molecule has 2 aromatic heterocycles. The molecule has 7 nitrogen and oxygen atoms in total. The molecule has 8 heteroatoms. The second-order valence-corrected chi connectivity index (χ2v) is 6.57. The summed E-state index contributed by atoms with van der Waals surface area (Å²) in [5, 5.41) is 7.97. The van der Waals surface area contributed by atoms with E-state index in [4.69, 9.17) is 20.6 Å². The molecule has 0 saturated carbocycles. The average molecular weight is 373 g/mol. The number of aromatic nitrogens is 3. The van der Waals surface area contributed by atoms with Crippen LogP contribution in [0.5, 0.6) is 0 Å². The van der Waals surface area contributed by atoms with Crippen LogP contribution in [-0.2, 0) is 11.2 Å². The first-order valence-electron chi connectivity index (χ1n) is 8.50. The highest BCUT2D eigenvalue weighted by atomic mass is 35.5. The Hall–Kier alpha value is -2.67. The van der Waals surface area contributed by atoms with Crippen LogP contribution in [0.15, 0.2) is 45.4 Å². The van der Waals surface area contributed by atoms with E-state index in [0.717, 1.165) is 18.4 Å². The average Bonchev–Trinajstić information content (AvgIpc) is 3.40. The monoisotopic (exact) mass is 372 g/mol. The largest absolute Gasteiger partial charge is 0.360 e. The Morgan fingerprint density at radius 3 is 2.85 bits per heavy atom. The van der Waals surface area contributed by atoms with E-state index in [1.165, 1.54) is 0 Å². The maximum Gasteiger partial charge on any atom is 0.249 e. The molecule has 0 aliphatic carbocycles. The van der Waals surface area contributed by atoms with Crippen LogP contribution in [0.3, 0.4) is 0 Å². The molecule has 0 spiro atoms. The molecule has 3 heterocycles. The molecule has 26 heavy (non-hydrogen) atoms. The summed E-state index contributed by atoms with van der Waals surface area (Å²) in [5.74, 6) is 1.65. The molecule has 1 saturated heterocycles. The van der Waals surface area contributed by atoms with Crippen molar-refractivity contribution < 1.29 is 13.8 Å². The third-order valence-corrected chi connectivity index (χ3v) is 4.63. The number of rotatable bonds is 5. The van der Waals surface area contributed by atoms with Crippen molar-refractivity contribution in [3.63, 3.8) is 0 Å². The van der Waals surface area contributed by atoms with Gasteiger partial charge in [-0.15, -0.1) is 0 Å². The molecular formula is C18H17ClN4O3. The van der Waals surface area contributed by atoms with Gasteiger partial charge in [-0.05, 0) is 12.8 Å². The lowest BCUT2D eigenvalue weighted by atomic mass is 10.2. The highest BCUT2D eigenvalue weighted by Crippen LogP contribution is 2.32. The number of benzene rings is 1. The summed E-state index contributed by atoms with van der Waals surface area (Å²) in [4.78, 5) is 18.9. The lowest BCUT2D eigenvalue weighted by molar-refractivity contribution is -0.132. The van der Waals surface area contributed by atoms with Crippen LogP contribution in [0, 0.1) is 0 Å². The molecule has 1 aliphatic rings. The van der Waals surface area contributed by atoms with Gasteiger partial charge in [0, 0.05) is 31.0 Å². The maximum absolute atomic E-state index is 12.6. The molecule has 0 radical (unpaired) electrons. The van der Waals surface area contributed by atoms with Gasteiger partial charge in [-0.25, -0.2) is 0 Å². The summed E-state index contributed by atoms with van der Waals surface area (Å²) in [6, 6.07) is 11.1. The smallest absolute Gasteiger partial charge is 0.249 e. The SMILES string of the molecule is O=C(CCc1cc(Cl)no1)N1CCC[C@H]1c1nc(-c2ccccc2)no1. The van der Waals surface area contributed by atoms with Crippen molar-refractivity contribution in [2.45, 2.75) is 31.7 Å². The molecule has 3 aromatic rings. The Morgan fingerprint density at radius 1 is 1.23 bits per heavy atom. The first kappa shape index (κ1) is 16.8. The first-order valence-corrected chi connectivity index (χ1v) is 8.88. The molecule has 4 rings (SSSR count). The number of carbonyl (C=O) groups is 1. The highest BCUT2D eigenvalue weighted by molar-refractivity contribution is 6.29. The molecule has 0 unspecified atom stereocenters. The van der Waals surface area contributed by atoms with Gasteiger partial charge in [0.15, 0.2) is 5.15 Å². The Morgan fingerprint density at radius 2 is 2.08 bits per heavy atom. The van der Waals surface area contributed by atoms with E-state index in [1.807, 2.05) is 30.3 Å². The third kappa shape index (κ3) is 3.48. The number of hydrogen-bond acceptors (Lipinski definition) is 6. The second kappa shape index (κ2) is 7.29. The summed E-state index contributed by atoms with van der Waals surface area (Å²) in [5.41, 5.74) is 0.889. The number of carbonyl (C=O) groups excluding carboxylic acids is 1. The highest BCUT2D eigenvalue weighted by Gasteiger charge is 2.33. The lowest BCUT2D eigenvalue weighted by Crippen LogP contribution is -2.30. The quantitative estimate of drug-likeness (QED) is 0.679. The van der Waals surface area contributed by atoms with Gasteiger partial charge in [-0.2, -0.15) is 4.98 Å². The molecule has 1 atom stereocenters. The number of aryl methyl sites for hydroxylation is 1. The Balaban J connectivity index is 1.44. The van der Waals surface area contributed by atoms with Crippen LogP contribution in [0.1, 0.15) is 37.0 Å². The van der Waals surface area contributed by atoms with Gasteiger partial charge in [0.2, 0.25) is 17.6 Å². The molecule has 0 N–H and O–H groups in total. The van der Waals surface area contributed by atoms with Crippen LogP contribution in [0.2, 0.25) is 5.15 Å². The zero-order valence-electron chi connectivity index (χ0n) is 14.0. The molecule has 1 amide bonds. The van der Waals surface area contributed by atoms with Gasteiger partial charge < -0.3 is 13.9 Å². The van der Waals surface area contributed by atoms with Crippen LogP contribution in [-0.4, -0.2) is 32.6 Å². The topological polar surface area (TPSA) is 85.3 Å². The van der Waals surface area contributed by atoms with Crippen molar-refractivity contribution in [1.82, 2.24) is 20.2 Å². The zero-order valence-corrected chi connectivity index (χ0v) is 14.7. The minimum absolute atomic E-state index is 0.0273. The van der Waals surface area contributed by atoms with Crippen LogP contribution in [0.4, 0.5) is 0 Å². The Labute approximate surface area is 154 Å². The van der Waals surface area contributed by atoms with Crippen molar-refractivity contribution in [3.8, 4) is 11.4 Å². The van der Waals surface area contributed by atoms with E-state index in [-0.39, 0.29) is 11.9 Å². The van der Waals surface area contributed by atoms with Gasteiger partial charge in [0.25, 0.3) is 0 Å². The van der Waals surface area contributed by atoms with Crippen LogP contribution >= 0.6 is 11.6 Å². The van der Waals surface area contributed by atoms with E-state index in [9.17, 15) is 4.79 Å². The summed E-state index contributed by atoms with van der Waals surface area (Å²) < 4.78 is 10.5. The Bertz CT molecular complexity index is 893. The second-order valence-electron chi connectivity index (χ2n) is 6.18. The predicted octanol–water partition coefficient (Wildman–Crippen LogP) is 3.67. The van der Waals surface area contributed by atoms with E-state index < -0.39 is 0 Å². The predicted molar refractivity (Wildman–Crippen MR) is 93.3 cm³/mol. The third-order valence-electron chi connectivity index (χ3n) is 4.45. The van der Waals surface area contributed by atoms with Crippen molar-refractivity contribution in [2.24, 2.45) is 0 Å². The fourth-order valence-electron chi connectivity index (χ4n) is 3.18. The summed E-state index contributed by atoms with van der Waals surface area (Å²) in [6.07, 6.45) is 2.51. The van der Waals surface area contributed by atoms with Gasteiger partial charge in [0.05, 0.1) is 0 Å². The van der Waals surface area contributed by atoms with Crippen molar-refractivity contribution in [3.05, 3.63) is 53.2 Å². The Kier molecular flexibility index (Phi) is 4.71. The van der Waals surface area contributed by atoms with Gasteiger partial charge in [-0.3, -0.25) is 4.79 Å².